The summed E-state index contributed by atoms with van der Waals surface area (Å²) in [5.41, 5.74) is -0.159. The topological polar surface area (TPSA) is 58.0 Å². The summed E-state index contributed by atoms with van der Waals surface area (Å²) in [6.45, 7) is 4.35. The fraction of sp³-hybridized carbons (Fsp3) is 0.429. The highest BCUT2D eigenvalue weighted by Crippen LogP contribution is 2.25. The summed E-state index contributed by atoms with van der Waals surface area (Å²) in [5, 5.41) is 22.9. The number of anilines is 1. The molecule has 0 aliphatic rings. The Morgan fingerprint density at radius 1 is 1.33 bits per heavy atom. The molecule has 0 amide bonds. The summed E-state index contributed by atoms with van der Waals surface area (Å²) >= 11 is 0. The molecule has 1 heterocycles. The molecule has 1 atom stereocenters. The van der Waals surface area contributed by atoms with Crippen molar-refractivity contribution in [3.63, 3.8) is 0 Å². The van der Waals surface area contributed by atoms with Gasteiger partial charge >= 0.3 is 0 Å². The molecule has 4 nitrogen and oxygen atoms in total. The van der Waals surface area contributed by atoms with Crippen LogP contribution < -0.4 is 5.32 Å². The first-order valence-corrected chi connectivity index (χ1v) is 6.28. The second-order valence-corrected chi connectivity index (χ2v) is 4.79. The van der Waals surface area contributed by atoms with Gasteiger partial charge in [-0.2, -0.15) is 5.10 Å². The molecule has 1 aromatic carbocycles. The third-order valence-corrected chi connectivity index (χ3v) is 3.43. The molecule has 1 unspecified atom stereocenters. The van der Waals surface area contributed by atoms with Crippen molar-refractivity contribution in [2.24, 2.45) is 0 Å². The minimum atomic E-state index is -0.159. The predicted molar refractivity (Wildman–Crippen MR) is 73.6 cm³/mol. The lowest BCUT2D eigenvalue weighted by Gasteiger charge is -2.29. The van der Waals surface area contributed by atoms with Gasteiger partial charge in [0.05, 0.1) is 6.20 Å². The van der Waals surface area contributed by atoms with E-state index in [1.807, 2.05) is 24.3 Å². The first-order valence-electron chi connectivity index (χ1n) is 6.28. The molecule has 4 heteroatoms. The number of nitrogens with one attached hydrogen (secondary N) is 1. The average molecular weight is 245 g/mol. The normalized spacial score (nSPS) is 14.4. The molecule has 0 saturated heterocycles. The standard InChI is InChI=1S/C14H19N3O/c1-3-14(2,8-9-18)16-13-12-7-5-4-6-11(12)10-15-17-13/h4-7,10,18H,3,8-9H2,1-2H3,(H,16,17). The Bertz CT molecular complexity index is 524. The lowest BCUT2D eigenvalue weighted by molar-refractivity contribution is 0.252. The Morgan fingerprint density at radius 3 is 2.83 bits per heavy atom. The van der Waals surface area contributed by atoms with Crippen LogP contribution in [0.3, 0.4) is 0 Å². The number of hydrogen-bond acceptors (Lipinski definition) is 4. The van der Waals surface area contributed by atoms with Gasteiger partial charge in [0.2, 0.25) is 0 Å². The van der Waals surface area contributed by atoms with E-state index in [1.54, 1.807) is 6.20 Å². The molecule has 2 rings (SSSR count). The van der Waals surface area contributed by atoms with Crippen LogP contribution in [0.4, 0.5) is 5.82 Å². The number of aromatic nitrogens is 2. The highest BCUT2D eigenvalue weighted by atomic mass is 16.3. The van der Waals surface area contributed by atoms with Crippen LogP contribution in [0.2, 0.25) is 0 Å². The number of aliphatic hydroxyl groups excluding tert-OH is 1. The van der Waals surface area contributed by atoms with Crippen LogP contribution in [0.25, 0.3) is 10.8 Å². The van der Waals surface area contributed by atoms with Gasteiger partial charge in [0.25, 0.3) is 0 Å². The molecule has 0 fully saturated rings. The van der Waals surface area contributed by atoms with Crippen molar-refractivity contribution in [1.29, 1.82) is 0 Å². The van der Waals surface area contributed by atoms with E-state index in [0.29, 0.717) is 6.42 Å². The van der Waals surface area contributed by atoms with Crippen molar-refractivity contribution in [2.45, 2.75) is 32.2 Å². The SMILES string of the molecule is CCC(C)(CCO)Nc1nncc2ccccc12. The average Bonchev–Trinajstić information content (AvgIpc) is 2.39. The van der Waals surface area contributed by atoms with Gasteiger partial charge in [0.15, 0.2) is 5.82 Å². The van der Waals surface area contributed by atoms with Gasteiger partial charge in [-0.05, 0) is 19.8 Å². The van der Waals surface area contributed by atoms with E-state index in [1.165, 1.54) is 0 Å². The zero-order valence-electron chi connectivity index (χ0n) is 10.8. The molecule has 0 spiro atoms. The Balaban J connectivity index is 2.36. The maximum absolute atomic E-state index is 9.15. The Morgan fingerprint density at radius 2 is 2.11 bits per heavy atom. The molecule has 18 heavy (non-hydrogen) atoms. The molecule has 0 aliphatic carbocycles. The maximum atomic E-state index is 9.15. The highest BCUT2D eigenvalue weighted by Gasteiger charge is 2.22. The quantitative estimate of drug-likeness (QED) is 0.850. The molecular formula is C14H19N3O. The Kier molecular flexibility index (Phi) is 3.77. The van der Waals surface area contributed by atoms with Crippen molar-refractivity contribution >= 4 is 16.6 Å². The van der Waals surface area contributed by atoms with Crippen LogP contribution in [-0.2, 0) is 0 Å². The van der Waals surface area contributed by atoms with Crippen LogP contribution in [0.15, 0.2) is 30.5 Å². The molecule has 0 radical (unpaired) electrons. The van der Waals surface area contributed by atoms with Crippen molar-refractivity contribution < 1.29 is 5.11 Å². The second kappa shape index (κ2) is 5.31. The first-order chi connectivity index (χ1) is 8.68. The number of nitrogens with zero attached hydrogens (tertiary/aromatic N) is 2. The largest absolute Gasteiger partial charge is 0.396 e. The molecule has 2 N–H and O–H groups in total. The molecule has 0 bridgehead atoms. The lowest BCUT2D eigenvalue weighted by Crippen LogP contribution is -2.35. The number of rotatable bonds is 5. The van der Waals surface area contributed by atoms with Crippen molar-refractivity contribution in [1.82, 2.24) is 10.2 Å². The number of aliphatic hydroxyl groups is 1. The fourth-order valence-electron chi connectivity index (χ4n) is 1.98. The maximum Gasteiger partial charge on any atom is 0.156 e. The van der Waals surface area contributed by atoms with Gasteiger partial charge in [-0.1, -0.05) is 31.2 Å². The van der Waals surface area contributed by atoms with E-state index in [0.717, 1.165) is 23.0 Å². The van der Waals surface area contributed by atoms with Gasteiger partial charge < -0.3 is 10.4 Å². The monoisotopic (exact) mass is 245 g/mol. The molecule has 96 valence electrons. The van der Waals surface area contributed by atoms with Crippen LogP contribution >= 0.6 is 0 Å². The molecule has 0 saturated carbocycles. The predicted octanol–water partition coefficient (Wildman–Crippen LogP) is 2.59. The van der Waals surface area contributed by atoms with E-state index in [2.05, 4.69) is 29.4 Å². The van der Waals surface area contributed by atoms with Gasteiger partial charge in [-0.25, -0.2) is 0 Å². The Labute approximate surface area is 107 Å². The van der Waals surface area contributed by atoms with E-state index in [4.69, 9.17) is 5.11 Å². The first kappa shape index (κ1) is 12.8. The van der Waals surface area contributed by atoms with Gasteiger partial charge in [-0.3, -0.25) is 0 Å². The molecular weight excluding hydrogens is 226 g/mol. The Hall–Kier alpha value is -1.68. The van der Waals surface area contributed by atoms with Crippen LogP contribution in [0.1, 0.15) is 26.7 Å². The van der Waals surface area contributed by atoms with Gasteiger partial charge in [-0.15, -0.1) is 5.10 Å². The summed E-state index contributed by atoms with van der Waals surface area (Å²) < 4.78 is 0. The van der Waals surface area contributed by atoms with Gasteiger partial charge in [0.1, 0.15) is 0 Å². The van der Waals surface area contributed by atoms with E-state index < -0.39 is 0 Å². The summed E-state index contributed by atoms with van der Waals surface area (Å²) in [6.07, 6.45) is 3.36. The summed E-state index contributed by atoms with van der Waals surface area (Å²) in [7, 11) is 0. The van der Waals surface area contributed by atoms with Gasteiger partial charge in [0, 0.05) is 22.9 Å². The zero-order valence-corrected chi connectivity index (χ0v) is 10.8. The lowest BCUT2D eigenvalue weighted by atomic mass is 9.94. The second-order valence-electron chi connectivity index (χ2n) is 4.79. The minimum Gasteiger partial charge on any atom is -0.396 e. The smallest absolute Gasteiger partial charge is 0.156 e. The molecule has 0 aliphatic heterocycles. The van der Waals surface area contributed by atoms with E-state index in [9.17, 15) is 0 Å². The summed E-state index contributed by atoms with van der Waals surface area (Å²) in [5.74, 6) is 0.783. The number of fused-ring (bicyclic) bond motifs is 1. The van der Waals surface area contributed by atoms with Crippen molar-refractivity contribution in [2.75, 3.05) is 11.9 Å². The van der Waals surface area contributed by atoms with Crippen LogP contribution in [-0.4, -0.2) is 27.4 Å². The van der Waals surface area contributed by atoms with E-state index >= 15 is 0 Å². The molecule has 2 aromatic rings. The van der Waals surface area contributed by atoms with Crippen LogP contribution in [0, 0.1) is 0 Å². The summed E-state index contributed by atoms with van der Waals surface area (Å²) in [6, 6.07) is 8.02. The number of benzene rings is 1. The zero-order chi connectivity index (χ0) is 13.0. The van der Waals surface area contributed by atoms with Crippen molar-refractivity contribution in [3.05, 3.63) is 30.5 Å². The van der Waals surface area contributed by atoms with Crippen molar-refractivity contribution in [3.8, 4) is 0 Å². The van der Waals surface area contributed by atoms with E-state index in [-0.39, 0.29) is 12.1 Å². The minimum absolute atomic E-state index is 0.159. The highest BCUT2D eigenvalue weighted by molar-refractivity contribution is 5.91. The fourth-order valence-corrected chi connectivity index (χ4v) is 1.98. The summed E-state index contributed by atoms with van der Waals surface area (Å²) in [4.78, 5) is 0. The third kappa shape index (κ3) is 2.59. The third-order valence-electron chi connectivity index (χ3n) is 3.43. The van der Waals surface area contributed by atoms with Crippen LogP contribution in [0.5, 0.6) is 0 Å². The number of hydrogen-bond donors (Lipinski definition) is 2. The molecule has 1 aromatic heterocycles.